The number of amidine groups is 2. The van der Waals surface area contributed by atoms with Crippen molar-refractivity contribution in [3.63, 3.8) is 0 Å². The van der Waals surface area contributed by atoms with Gasteiger partial charge in [-0.05, 0) is 67.9 Å². The van der Waals surface area contributed by atoms with Crippen LogP contribution in [-0.2, 0) is 0 Å². The summed E-state index contributed by atoms with van der Waals surface area (Å²) in [6.07, 6.45) is -0.233. The molecule has 1 heterocycles. The molecule has 47 heavy (non-hydrogen) atoms. The molecule has 0 amide bonds. The number of hydrogen-bond acceptors (Lipinski definition) is 4. The monoisotopic (exact) mass is 604 g/mol. The smallest absolute Gasteiger partial charge is 0.159 e. The maximum atomic E-state index is 5.96. The number of rotatable bonds is 6. The molecule has 0 saturated carbocycles. The zero-order valence-electron chi connectivity index (χ0n) is 25.7. The van der Waals surface area contributed by atoms with E-state index < -0.39 is 0 Å². The number of fused-ring (bicyclic) bond motifs is 1. The molecule has 1 aliphatic rings. The van der Waals surface area contributed by atoms with Gasteiger partial charge >= 0.3 is 0 Å². The molecule has 7 aromatic rings. The van der Waals surface area contributed by atoms with Crippen LogP contribution in [0.3, 0.4) is 0 Å². The van der Waals surface area contributed by atoms with Crippen molar-refractivity contribution in [3.8, 4) is 33.4 Å². The van der Waals surface area contributed by atoms with Crippen LogP contribution in [0.4, 0.5) is 5.69 Å². The molecule has 0 aromatic heterocycles. The van der Waals surface area contributed by atoms with Gasteiger partial charge in [0.1, 0.15) is 12.0 Å². The number of aliphatic imine (C=N–C) groups is 2. The van der Waals surface area contributed by atoms with Gasteiger partial charge in [-0.1, -0.05) is 152 Å². The van der Waals surface area contributed by atoms with Crippen LogP contribution in [0.2, 0.25) is 0 Å². The fourth-order valence-corrected chi connectivity index (χ4v) is 6.27. The molecule has 0 radical (unpaired) electrons. The van der Waals surface area contributed by atoms with E-state index >= 15 is 0 Å². The van der Waals surface area contributed by atoms with E-state index in [1.807, 2.05) is 48.5 Å². The van der Waals surface area contributed by atoms with Crippen molar-refractivity contribution in [1.29, 1.82) is 0 Å². The van der Waals surface area contributed by atoms with Crippen molar-refractivity contribution in [2.24, 2.45) is 9.98 Å². The zero-order valence-corrected chi connectivity index (χ0v) is 25.7. The van der Waals surface area contributed by atoms with E-state index in [9.17, 15) is 0 Å². The third kappa shape index (κ3) is 5.69. The first-order valence-electron chi connectivity index (χ1n) is 15.8. The number of nitrogens with one attached hydrogen (secondary N) is 1. The Morgan fingerprint density at radius 3 is 1.64 bits per heavy atom. The summed E-state index contributed by atoms with van der Waals surface area (Å²) in [6.45, 7) is 0. The summed E-state index contributed by atoms with van der Waals surface area (Å²) in [5.41, 5.74) is 16.8. The van der Waals surface area contributed by atoms with E-state index in [-0.39, 0.29) is 6.17 Å². The van der Waals surface area contributed by atoms with Crippen LogP contribution in [0.15, 0.2) is 180 Å². The molecule has 7 aromatic carbocycles. The summed E-state index contributed by atoms with van der Waals surface area (Å²) in [5.74, 6) is 1.52. The van der Waals surface area contributed by atoms with Crippen molar-refractivity contribution in [1.82, 2.24) is 5.32 Å². The molecule has 4 nitrogen and oxygen atoms in total. The summed E-state index contributed by atoms with van der Waals surface area (Å²) < 4.78 is 0. The Kier molecular flexibility index (Phi) is 7.37. The Labute approximate surface area is 274 Å². The summed E-state index contributed by atoms with van der Waals surface area (Å²) in [7, 11) is 0. The van der Waals surface area contributed by atoms with Gasteiger partial charge < -0.3 is 11.1 Å². The third-order valence-electron chi connectivity index (χ3n) is 8.70. The minimum absolute atomic E-state index is 0.233. The number of nitrogens with zero attached hydrogens (tertiary/aromatic N) is 2. The van der Waals surface area contributed by atoms with Gasteiger partial charge in [-0.15, -0.1) is 0 Å². The fraction of sp³-hybridized carbons (Fsp3) is 0.0233. The summed E-state index contributed by atoms with van der Waals surface area (Å²) in [4.78, 5) is 9.98. The fourth-order valence-electron chi connectivity index (χ4n) is 6.27. The van der Waals surface area contributed by atoms with Crippen molar-refractivity contribution < 1.29 is 0 Å². The lowest BCUT2D eigenvalue weighted by atomic mass is 9.91. The van der Waals surface area contributed by atoms with Crippen molar-refractivity contribution in [2.45, 2.75) is 6.17 Å². The van der Waals surface area contributed by atoms with Crippen LogP contribution >= 0.6 is 0 Å². The van der Waals surface area contributed by atoms with E-state index in [1.165, 1.54) is 27.5 Å². The van der Waals surface area contributed by atoms with Gasteiger partial charge in [-0.3, -0.25) is 0 Å². The highest BCUT2D eigenvalue weighted by Gasteiger charge is 2.21. The molecule has 0 aliphatic carbocycles. The average molecular weight is 605 g/mol. The van der Waals surface area contributed by atoms with Crippen LogP contribution in [-0.4, -0.2) is 11.7 Å². The van der Waals surface area contributed by atoms with Crippen LogP contribution in [0, 0.1) is 0 Å². The molecular weight excluding hydrogens is 573 g/mol. The Morgan fingerprint density at radius 1 is 0.447 bits per heavy atom. The number of anilines is 1. The average Bonchev–Trinajstić information content (AvgIpc) is 3.15. The molecular formula is C43H32N4. The maximum absolute atomic E-state index is 5.96. The standard InChI is InChI=1S/C43H32N4/c44-36-24-22-31(23-25-36)38-27-26-37(39-16-7-8-17-40(38)39)30-20-18-29(19-21-30)34-14-9-15-35(28-34)43-46-41(32-10-3-1-4-11-32)45-42(47-43)33-12-5-2-6-13-33/h1-28,41H,44H2,(H,45,46,47). The highest BCUT2D eigenvalue weighted by molar-refractivity contribution is 6.13. The second kappa shape index (κ2) is 12.3. The van der Waals surface area contributed by atoms with E-state index in [1.54, 1.807) is 0 Å². The maximum Gasteiger partial charge on any atom is 0.159 e. The van der Waals surface area contributed by atoms with Gasteiger partial charge in [0.25, 0.3) is 0 Å². The Hall–Kier alpha value is -6.26. The summed E-state index contributed by atoms with van der Waals surface area (Å²) in [6, 6.07) is 59.0. The molecule has 0 spiro atoms. The number of benzene rings is 7. The first kappa shape index (κ1) is 28.2. The summed E-state index contributed by atoms with van der Waals surface area (Å²) in [5, 5.41) is 6.03. The molecule has 0 fully saturated rings. The Bertz CT molecular complexity index is 2250. The largest absolute Gasteiger partial charge is 0.399 e. The van der Waals surface area contributed by atoms with Gasteiger partial charge in [-0.25, -0.2) is 9.98 Å². The topological polar surface area (TPSA) is 62.8 Å². The lowest BCUT2D eigenvalue weighted by Gasteiger charge is -2.24. The number of hydrogen-bond donors (Lipinski definition) is 2. The predicted molar refractivity (Wildman–Crippen MR) is 197 cm³/mol. The van der Waals surface area contributed by atoms with Crippen LogP contribution in [0.25, 0.3) is 44.2 Å². The lowest BCUT2D eigenvalue weighted by Crippen LogP contribution is -2.33. The third-order valence-corrected chi connectivity index (χ3v) is 8.70. The van der Waals surface area contributed by atoms with E-state index in [0.717, 1.165) is 50.7 Å². The van der Waals surface area contributed by atoms with E-state index in [0.29, 0.717) is 0 Å². The van der Waals surface area contributed by atoms with Gasteiger partial charge in [0.2, 0.25) is 0 Å². The van der Waals surface area contributed by atoms with Crippen molar-refractivity contribution >= 4 is 28.1 Å². The number of nitrogen functional groups attached to an aromatic ring is 1. The molecule has 0 saturated heterocycles. The second-order valence-electron chi connectivity index (χ2n) is 11.7. The predicted octanol–water partition coefficient (Wildman–Crippen LogP) is 9.92. The molecule has 4 heteroatoms. The van der Waals surface area contributed by atoms with Gasteiger partial charge in [0.15, 0.2) is 5.84 Å². The molecule has 1 aliphatic heterocycles. The lowest BCUT2D eigenvalue weighted by molar-refractivity contribution is 0.674. The molecule has 224 valence electrons. The van der Waals surface area contributed by atoms with Crippen molar-refractivity contribution in [3.05, 3.63) is 187 Å². The van der Waals surface area contributed by atoms with Gasteiger partial charge in [0, 0.05) is 16.8 Å². The first-order valence-corrected chi connectivity index (χ1v) is 15.8. The highest BCUT2D eigenvalue weighted by atomic mass is 15.2. The van der Waals surface area contributed by atoms with E-state index in [4.69, 9.17) is 15.7 Å². The minimum Gasteiger partial charge on any atom is -0.399 e. The first-order chi connectivity index (χ1) is 23.2. The van der Waals surface area contributed by atoms with Crippen LogP contribution in [0.5, 0.6) is 0 Å². The van der Waals surface area contributed by atoms with Crippen molar-refractivity contribution in [2.75, 3.05) is 5.73 Å². The highest BCUT2D eigenvalue weighted by Crippen LogP contribution is 2.36. The second-order valence-corrected chi connectivity index (χ2v) is 11.7. The molecule has 1 atom stereocenters. The quantitative estimate of drug-likeness (QED) is 0.186. The van der Waals surface area contributed by atoms with E-state index in [2.05, 4.69) is 127 Å². The molecule has 8 rings (SSSR count). The minimum atomic E-state index is -0.233. The molecule has 0 bridgehead atoms. The van der Waals surface area contributed by atoms with Gasteiger partial charge in [0.05, 0.1) is 0 Å². The van der Waals surface area contributed by atoms with Crippen LogP contribution in [0.1, 0.15) is 22.9 Å². The normalized spacial score (nSPS) is 14.3. The molecule has 3 N–H and O–H groups in total. The Morgan fingerprint density at radius 2 is 0.979 bits per heavy atom. The van der Waals surface area contributed by atoms with Gasteiger partial charge in [-0.2, -0.15) is 0 Å². The number of nitrogens with two attached hydrogens (primary N) is 1. The zero-order chi connectivity index (χ0) is 31.6. The summed E-state index contributed by atoms with van der Waals surface area (Å²) >= 11 is 0. The Balaban J connectivity index is 1.12. The molecule has 1 unspecified atom stereocenters. The van der Waals surface area contributed by atoms with Crippen LogP contribution < -0.4 is 11.1 Å². The SMILES string of the molecule is Nc1ccc(-c2ccc(-c3ccc(-c4cccc(C5=NC(c6ccccc6)=NC(c6ccccc6)N5)c4)cc3)c3ccccc23)cc1.